The molecule has 0 aliphatic heterocycles. The summed E-state index contributed by atoms with van der Waals surface area (Å²) in [7, 11) is -2.23. The van der Waals surface area contributed by atoms with Crippen LogP contribution in [0.25, 0.3) is 0 Å². The van der Waals surface area contributed by atoms with Gasteiger partial charge in [-0.3, -0.25) is 4.79 Å². The van der Waals surface area contributed by atoms with Crippen LogP contribution in [0.3, 0.4) is 0 Å². The predicted molar refractivity (Wildman–Crippen MR) is 99.6 cm³/mol. The first-order valence-electron chi connectivity index (χ1n) is 9.01. The zero-order valence-corrected chi connectivity index (χ0v) is 16.8. The fraction of sp³-hybridized carbons (Fsp3) is 0.611. The Morgan fingerprint density at radius 3 is 2.29 bits per heavy atom. The number of anilines is 1. The van der Waals surface area contributed by atoms with Crippen molar-refractivity contribution in [3.05, 3.63) is 23.8 Å². The molecule has 2 rings (SSSR count). The zero-order valence-electron chi connectivity index (χ0n) is 16.0. The summed E-state index contributed by atoms with van der Waals surface area (Å²) in [6.45, 7) is 3.19. The van der Waals surface area contributed by atoms with Gasteiger partial charge in [0.05, 0.1) is 17.9 Å². The van der Waals surface area contributed by atoms with E-state index in [1.807, 2.05) is 0 Å². The molecule has 1 aromatic carbocycles. The smallest absolute Gasteiger partial charge is 0.419 e. The van der Waals surface area contributed by atoms with Gasteiger partial charge in [0.1, 0.15) is 5.75 Å². The van der Waals surface area contributed by atoms with Gasteiger partial charge < -0.3 is 10.1 Å². The number of benzene rings is 1. The number of carbonyl (C=O) groups is 1. The maximum atomic E-state index is 12.9. The van der Waals surface area contributed by atoms with Crippen LogP contribution < -0.4 is 14.8 Å². The van der Waals surface area contributed by atoms with Crippen molar-refractivity contribution in [1.29, 1.82) is 0 Å². The SMILES string of the molecule is COc1cc(NC(=O)[C@H]2CC[C@H](NS(=O)(=O)C(C)C)CC2)ccc1C(F)(F)F. The van der Waals surface area contributed by atoms with E-state index < -0.39 is 27.0 Å². The molecule has 158 valence electrons. The number of methoxy groups -OCH3 is 1. The molecule has 6 nitrogen and oxygen atoms in total. The molecule has 0 saturated heterocycles. The number of halogens is 3. The minimum Gasteiger partial charge on any atom is -0.496 e. The number of hydrogen-bond acceptors (Lipinski definition) is 4. The second-order valence-corrected chi connectivity index (χ2v) is 9.43. The van der Waals surface area contributed by atoms with Gasteiger partial charge in [0.2, 0.25) is 15.9 Å². The first-order valence-corrected chi connectivity index (χ1v) is 10.6. The summed E-state index contributed by atoms with van der Waals surface area (Å²) < 4.78 is 70.0. The molecule has 1 aliphatic carbocycles. The maximum absolute atomic E-state index is 12.9. The van der Waals surface area contributed by atoms with E-state index in [0.717, 1.165) is 19.2 Å². The lowest BCUT2D eigenvalue weighted by Gasteiger charge is -2.28. The lowest BCUT2D eigenvalue weighted by molar-refractivity contribution is -0.138. The third-order valence-corrected chi connectivity index (χ3v) is 6.73. The highest BCUT2D eigenvalue weighted by molar-refractivity contribution is 7.90. The van der Waals surface area contributed by atoms with Crippen molar-refractivity contribution in [3.63, 3.8) is 0 Å². The number of ether oxygens (including phenoxy) is 1. The Labute approximate surface area is 162 Å². The lowest BCUT2D eigenvalue weighted by Crippen LogP contribution is -2.42. The first-order chi connectivity index (χ1) is 12.9. The van der Waals surface area contributed by atoms with E-state index in [0.29, 0.717) is 25.7 Å². The van der Waals surface area contributed by atoms with Crippen molar-refractivity contribution in [2.75, 3.05) is 12.4 Å². The molecule has 0 radical (unpaired) electrons. The molecule has 0 spiro atoms. The lowest BCUT2D eigenvalue weighted by atomic mass is 9.86. The standard InChI is InChI=1S/C18H25F3N2O4S/c1-11(2)28(25,26)23-13-6-4-12(5-7-13)17(24)22-14-8-9-15(18(19,20)21)16(10-14)27-3/h8-13,23H,4-7H2,1-3H3,(H,22,24)/t12-,13-. The molecule has 0 aromatic heterocycles. The van der Waals surface area contributed by atoms with E-state index in [-0.39, 0.29) is 29.3 Å². The van der Waals surface area contributed by atoms with Gasteiger partial charge >= 0.3 is 6.18 Å². The number of rotatable bonds is 6. The van der Waals surface area contributed by atoms with Crippen LogP contribution in [0.5, 0.6) is 5.75 Å². The van der Waals surface area contributed by atoms with Crippen molar-refractivity contribution in [1.82, 2.24) is 4.72 Å². The van der Waals surface area contributed by atoms with E-state index in [9.17, 15) is 26.4 Å². The van der Waals surface area contributed by atoms with Crippen LogP contribution in [0, 0.1) is 5.92 Å². The highest BCUT2D eigenvalue weighted by Gasteiger charge is 2.34. The topological polar surface area (TPSA) is 84.5 Å². The van der Waals surface area contributed by atoms with Gasteiger partial charge in [0.25, 0.3) is 0 Å². The molecule has 2 N–H and O–H groups in total. The van der Waals surface area contributed by atoms with Gasteiger partial charge in [0, 0.05) is 23.7 Å². The molecular formula is C18H25F3N2O4S. The van der Waals surface area contributed by atoms with Crippen LogP contribution in [0.4, 0.5) is 18.9 Å². The Kier molecular flexibility index (Phi) is 6.97. The molecule has 1 fully saturated rings. The molecule has 0 atom stereocenters. The Balaban J connectivity index is 1.96. The fourth-order valence-corrected chi connectivity index (χ4v) is 4.06. The summed E-state index contributed by atoms with van der Waals surface area (Å²) in [5.74, 6) is -0.989. The quantitative estimate of drug-likeness (QED) is 0.735. The fourth-order valence-electron chi connectivity index (χ4n) is 3.09. The Morgan fingerprint density at radius 1 is 1.18 bits per heavy atom. The average molecular weight is 422 g/mol. The molecule has 0 unspecified atom stereocenters. The summed E-state index contributed by atoms with van der Waals surface area (Å²) in [5, 5.41) is 2.10. The normalized spacial score (nSPS) is 20.8. The van der Waals surface area contributed by atoms with Crippen LogP contribution in [0.2, 0.25) is 0 Å². The van der Waals surface area contributed by atoms with E-state index in [1.54, 1.807) is 13.8 Å². The summed E-state index contributed by atoms with van der Waals surface area (Å²) >= 11 is 0. The zero-order chi connectivity index (χ0) is 21.1. The largest absolute Gasteiger partial charge is 0.496 e. The molecule has 0 bridgehead atoms. The molecule has 0 heterocycles. The Bertz CT molecular complexity index is 802. The number of carbonyl (C=O) groups excluding carboxylic acids is 1. The monoisotopic (exact) mass is 422 g/mol. The van der Waals surface area contributed by atoms with Crippen LogP contribution in [0.15, 0.2) is 18.2 Å². The van der Waals surface area contributed by atoms with Crippen molar-refractivity contribution in [2.45, 2.75) is 57.0 Å². The van der Waals surface area contributed by atoms with Gasteiger partial charge in [-0.1, -0.05) is 0 Å². The van der Waals surface area contributed by atoms with Gasteiger partial charge in [-0.15, -0.1) is 0 Å². The number of nitrogens with one attached hydrogen (secondary N) is 2. The highest BCUT2D eigenvalue weighted by atomic mass is 32.2. The Morgan fingerprint density at radius 2 is 1.79 bits per heavy atom. The van der Waals surface area contributed by atoms with Crippen LogP contribution in [0.1, 0.15) is 45.1 Å². The molecule has 1 aliphatic rings. The van der Waals surface area contributed by atoms with E-state index in [1.165, 1.54) is 6.07 Å². The Hall–Kier alpha value is -1.81. The summed E-state index contributed by atoms with van der Waals surface area (Å²) in [4.78, 5) is 12.4. The molecular weight excluding hydrogens is 397 g/mol. The molecule has 1 saturated carbocycles. The number of sulfonamides is 1. The van der Waals surface area contributed by atoms with Crippen LogP contribution in [-0.2, 0) is 21.0 Å². The first kappa shape index (κ1) is 22.5. The second-order valence-electron chi connectivity index (χ2n) is 7.16. The van der Waals surface area contributed by atoms with Gasteiger partial charge in [-0.05, 0) is 51.7 Å². The van der Waals surface area contributed by atoms with Crippen molar-refractivity contribution in [2.24, 2.45) is 5.92 Å². The molecule has 10 heteroatoms. The molecule has 28 heavy (non-hydrogen) atoms. The number of amides is 1. The summed E-state index contributed by atoms with van der Waals surface area (Å²) in [6.07, 6.45) is -2.50. The number of hydrogen-bond donors (Lipinski definition) is 2. The highest BCUT2D eigenvalue weighted by Crippen LogP contribution is 2.37. The van der Waals surface area contributed by atoms with E-state index in [4.69, 9.17) is 4.74 Å². The maximum Gasteiger partial charge on any atom is 0.419 e. The van der Waals surface area contributed by atoms with Gasteiger partial charge in [0.15, 0.2) is 0 Å². The summed E-state index contributed by atoms with van der Waals surface area (Å²) in [5.41, 5.74) is -0.691. The summed E-state index contributed by atoms with van der Waals surface area (Å²) in [6, 6.07) is 2.99. The third-order valence-electron chi connectivity index (χ3n) is 4.82. The van der Waals surface area contributed by atoms with E-state index >= 15 is 0 Å². The van der Waals surface area contributed by atoms with Crippen molar-refractivity contribution >= 4 is 21.6 Å². The van der Waals surface area contributed by atoms with E-state index in [2.05, 4.69) is 10.0 Å². The van der Waals surface area contributed by atoms with Gasteiger partial charge in [-0.25, -0.2) is 13.1 Å². The van der Waals surface area contributed by atoms with Crippen molar-refractivity contribution in [3.8, 4) is 5.75 Å². The van der Waals surface area contributed by atoms with Crippen LogP contribution in [-0.4, -0.2) is 32.7 Å². The molecule has 1 aromatic rings. The third kappa shape index (κ3) is 5.60. The number of alkyl halides is 3. The van der Waals surface area contributed by atoms with Gasteiger partial charge in [-0.2, -0.15) is 13.2 Å². The predicted octanol–water partition coefficient (Wildman–Crippen LogP) is 3.54. The minimum atomic E-state index is -4.55. The molecule has 1 amide bonds. The minimum absolute atomic E-state index is 0.206. The average Bonchev–Trinajstić information content (AvgIpc) is 2.60. The van der Waals surface area contributed by atoms with Crippen LogP contribution >= 0.6 is 0 Å². The van der Waals surface area contributed by atoms with Crippen molar-refractivity contribution < 1.29 is 31.1 Å². The second kappa shape index (κ2) is 8.69.